The number of hydrogen-bond acceptors (Lipinski definition) is 2. The van der Waals surface area contributed by atoms with Gasteiger partial charge >= 0.3 is 6.18 Å². The molecule has 0 aliphatic carbocycles. The van der Waals surface area contributed by atoms with Crippen LogP contribution in [-0.2, 0) is 24.1 Å². The zero-order chi connectivity index (χ0) is 17.9. The summed E-state index contributed by atoms with van der Waals surface area (Å²) in [6.45, 7) is 3.37. The Morgan fingerprint density at radius 3 is 2.46 bits per heavy atom. The number of aryl methyl sites for hydroxylation is 1. The molecule has 24 heavy (non-hydrogen) atoms. The average molecular weight is 343 g/mol. The molecule has 1 amide bonds. The first-order valence-corrected chi connectivity index (χ1v) is 7.30. The van der Waals surface area contributed by atoms with Crippen molar-refractivity contribution in [3.63, 3.8) is 0 Å². The van der Waals surface area contributed by atoms with Crippen molar-refractivity contribution >= 4 is 5.91 Å². The summed E-state index contributed by atoms with van der Waals surface area (Å²) < 4.78 is 51.9. The second-order valence-electron chi connectivity index (χ2n) is 5.60. The van der Waals surface area contributed by atoms with Crippen LogP contribution < -0.4 is 5.32 Å². The van der Waals surface area contributed by atoms with Gasteiger partial charge in [-0.1, -0.05) is 19.1 Å². The molecule has 0 saturated carbocycles. The quantitative estimate of drug-likeness (QED) is 0.847. The third-order valence-electron chi connectivity index (χ3n) is 3.55. The highest BCUT2D eigenvalue weighted by molar-refractivity contribution is 5.78. The number of amides is 1. The van der Waals surface area contributed by atoms with Gasteiger partial charge < -0.3 is 5.32 Å². The van der Waals surface area contributed by atoms with Gasteiger partial charge in [0.25, 0.3) is 0 Å². The first-order valence-electron chi connectivity index (χ1n) is 7.30. The summed E-state index contributed by atoms with van der Waals surface area (Å²) in [6, 6.07) is 6.62. The number of rotatable bonds is 5. The maximum Gasteiger partial charge on any atom is 0.435 e. The molecule has 130 valence electrons. The molecule has 2 aromatic rings. The maximum atomic E-state index is 12.8. The molecule has 0 saturated heterocycles. The molecule has 0 aliphatic heterocycles. The van der Waals surface area contributed by atoms with Gasteiger partial charge in [-0.15, -0.1) is 0 Å². The van der Waals surface area contributed by atoms with E-state index < -0.39 is 17.8 Å². The van der Waals surface area contributed by atoms with Crippen LogP contribution in [0.25, 0.3) is 0 Å². The number of hydrogen-bond donors (Lipinski definition) is 1. The van der Waals surface area contributed by atoms with E-state index in [1.54, 1.807) is 19.1 Å². The zero-order valence-electron chi connectivity index (χ0n) is 13.2. The van der Waals surface area contributed by atoms with Crippen LogP contribution in [0.4, 0.5) is 17.6 Å². The molecule has 0 radical (unpaired) electrons. The highest BCUT2D eigenvalue weighted by atomic mass is 19.4. The van der Waals surface area contributed by atoms with Crippen LogP contribution in [0.5, 0.6) is 0 Å². The molecule has 0 spiro atoms. The number of carbonyl (C=O) groups is 1. The summed E-state index contributed by atoms with van der Waals surface area (Å²) in [5, 5.41) is 6.17. The van der Waals surface area contributed by atoms with Crippen molar-refractivity contribution < 1.29 is 22.4 Å². The summed E-state index contributed by atoms with van der Waals surface area (Å²) in [5.74, 6) is -1.25. The standard InChI is InChI=1S/C16H17F4N3O/c1-10(9-23-11(2)7-14(22-23)16(18,19)20)15(24)21-8-12-3-5-13(17)6-4-12/h3-7,10H,8-9H2,1-2H3,(H,21,24). The van der Waals surface area contributed by atoms with Crippen molar-refractivity contribution in [2.45, 2.75) is 33.1 Å². The van der Waals surface area contributed by atoms with Gasteiger partial charge in [0, 0.05) is 12.2 Å². The molecule has 1 aromatic carbocycles. The lowest BCUT2D eigenvalue weighted by molar-refractivity contribution is -0.141. The number of carbonyl (C=O) groups excluding carboxylic acids is 1. The van der Waals surface area contributed by atoms with Crippen molar-refractivity contribution in [1.82, 2.24) is 15.1 Å². The van der Waals surface area contributed by atoms with Crippen LogP contribution in [0.15, 0.2) is 30.3 Å². The van der Waals surface area contributed by atoms with Crippen molar-refractivity contribution in [1.29, 1.82) is 0 Å². The lowest BCUT2D eigenvalue weighted by atomic mass is 10.1. The predicted molar refractivity (Wildman–Crippen MR) is 79.4 cm³/mol. The monoisotopic (exact) mass is 343 g/mol. The Kier molecular flexibility index (Phi) is 5.26. The second kappa shape index (κ2) is 7.02. The van der Waals surface area contributed by atoms with Crippen LogP contribution in [0.3, 0.4) is 0 Å². The molecule has 1 atom stereocenters. The Hall–Kier alpha value is -2.38. The number of alkyl halides is 3. The minimum Gasteiger partial charge on any atom is -0.352 e. The molecule has 2 rings (SSSR count). The lowest BCUT2D eigenvalue weighted by Crippen LogP contribution is -2.31. The average Bonchev–Trinajstić information content (AvgIpc) is 2.87. The van der Waals surface area contributed by atoms with Gasteiger partial charge in [-0.05, 0) is 30.7 Å². The number of nitrogens with zero attached hydrogens (tertiary/aromatic N) is 2. The summed E-state index contributed by atoms with van der Waals surface area (Å²) >= 11 is 0. The Morgan fingerprint density at radius 2 is 1.92 bits per heavy atom. The van der Waals surface area contributed by atoms with E-state index in [0.717, 1.165) is 11.6 Å². The normalized spacial score (nSPS) is 12.9. The SMILES string of the molecule is Cc1cc(C(F)(F)F)nn1CC(C)C(=O)NCc1ccc(F)cc1. The number of aromatic nitrogens is 2. The maximum absolute atomic E-state index is 12.8. The summed E-state index contributed by atoms with van der Waals surface area (Å²) in [6.07, 6.45) is -4.51. The molecule has 1 N–H and O–H groups in total. The van der Waals surface area contributed by atoms with Crippen LogP contribution >= 0.6 is 0 Å². The first kappa shape index (κ1) is 18.0. The van der Waals surface area contributed by atoms with Crippen LogP contribution in [0, 0.1) is 18.7 Å². The Morgan fingerprint density at radius 1 is 1.29 bits per heavy atom. The van der Waals surface area contributed by atoms with Crippen molar-refractivity contribution in [2.24, 2.45) is 5.92 Å². The number of benzene rings is 1. The summed E-state index contributed by atoms with van der Waals surface area (Å²) in [4.78, 5) is 12.1. The van der Waals surface area contributed by atoms with Gasteiger partial charge in [-0.2, -0.15) is 18.3 Å². The van der Waals surface area contributed by atoms with E-state index in [1.165, 1.54) is 23.7 Å². The summed E-state index contributed by atoms with van der Waals surface area (Å²) in [5.41, 5.74) is 0.0889. The largest absolute Gasteiger partial charge is 0.435 e. The van der Waals surface area contributed by atoms with Gasteiger partial charge in [0.2, 0.25) is 5.91 Å². The van der Waals surface area contributed by atoms with Gasteiger partial charge in [-0.25, -0.2) is 4.39 Å². The van der Waals surface area contributed by atoms with E-state index in [9.17, 15) is 22.4 Å². The molecule has 4 nitrogen and oxygen atoms in total. The fourth-order valence-electron chi connectivity index (χ4n) is 2.14. The predicted octanol–water partition coefficient (Wildman–Crippen LogP) is 3.30. The fourth-order valence-corrected chi connectivity index (χ4v) is 2.14. The Labute approximate surface area is 136 Å². The van der Waals surface area contributed by atoms with E-state index >= 15 is 0 Å². The van der Waals surface area contributed by atoms with E-state index in [-0.39, 0.29) is 24.8 Å². The fraction of sp³-hybridized carbons (Fsp3) is 0.375. The molecule has 0 bridgehead atoms. The van der Waals surface area contributed by atoms with E-state index in [2.05, 4.69) is 10.4 Å². The van der Waals surface area contributed by atoms with Crippen molar-refractivity contribution in [3.8, 4) is 0 Å². The minimum atomic E-state index is -4.51. The van der Waals surface area contributed by atoms with E-state index in [1.807, 2.05) is 0 Å². The molecular formula is C16H17F4N3O. The molecule has 0 aliphatic rings. The topological polar surface area (TPSA) is 46.9 Å². The molecule has 0 fully saturated rings. The Bertz CT molecular complexity index is 707. The Balaban J connectivity index is 1.94. The van der Waals surface area contributed by atoms with Crippen LogP contribution in [0.2, 0.25) is 0 Å². The third-order valence-corrected chi connectivity index (χ3v) is 3.55. The first-order chi connectivity index (χ1) is 11.2. The molecule has 1 unspecified atom stereocenters. The highest BCUT2D eigenvalue weighted by Gasteiger charge is 2.34. The minimum absolute atomic E-state index is 0.0389. The number of nitrogens with one attached hydrogen (secondary N) is 1. The van der Waals surface area contributed by atoms with E-state index in [0.29, 0.717) is 5.69 Å². The highest BCUT2D eigenvalue weighted by Crippen LogP contribution is 2.28. The van der Waals surface area contributed by atoms with Crippen molar-refractivity contribution in [3.05, 3.63) is 53.1 Å². The van der Waals surface area contributed by atoms with Gasteiger partial charge in [0.15, 0.2) is 5.69 Å². The van der Waals surface area contributed by atoms with Gasteiger partial charge in [0.1, 0.15) is 5.82 Å². The van der Waals surface area contributed by atoms with Crippen LogP contribution in [0.1, 0.15) is 23.9 Å². The lowest BCUT2D eigenvalue weighted by Gasteiger charge is -2.13. The van der Waals surface area contributed by atoms with Crippen molar-refractivity contribution in [2.75, 3.05) is 0 Å². The summed E-state index contributed by atoms with van der Waals surface area (Å²) in [7, 11) is 0. The van der Waals surface area contributed by atoms with Gasteiger partial charge in [0.05, 0.1) is 12.5 Å². The number of halogens is 4. The second-order valence-corrected chi connectivity index (χ2v) is 5.60. The smallest absolute Gasteiger partial charge is 0.352 e. The van der Waals surface area contributed by atoms with Gasteiger partial charge in [-0.3, -0.25) is 9.48 Å². The van der Waals surface area contributed by atoms with E-state index in [4.69, 9.17) is 0 Å². The molecular weight excluding hydrogens is 326 g/mol. The molecule has 1 heterocycles. The van der Waals surface area contributed by atoms with Crippen LogP contribution in [-0.4, -0.2) is 15.7 Å². The molecule has 1 aromatic heterocycles. The zero-order valence-corrected chi connectivity index (χ0v) is 13.2. The molecule has 8 heteroatoms. The third kappa shape index (κ3) is 4.56.